The van der Waals surface area contributed by atoms with Crippen molar-refractivity contribution in [1.29, 1.82) is 0 Å². The average Bonchev–Trinajstić information content (AvgIpc) is 2.26. The summed E-state index contributed by atoms with van der Waals surface area (Å²) in [5.74, 6) is 0.652. The van der Waals surface area contributed by atoms with Gasteiger partial charge in [-0.3, -0.25) is 0 Å². The van der Waals surface area contributed by atoms with Crippen LogP contribution in [0.25, 0.3) is 0 Å². The highest BCUT2D eigenvalue weighted by molar-refractivity contribution is 5.77. The summed E-state index contributed by atoms with van der Waals surface area (Å²) in [7, 11) is 2.21. The molecule has 0 saturated heterocycles. The molecule has 1 aliphatic rings. The van der Waals surface area contributed by atoms with E-state index in [9.17, 15) is 0 Å². The monoisotopic (exact) mass is 246 g/mol. The number of rotatable bonds is 1. The van der Waals surface area contributed by atoms with Gasteiger partial charge in [0.1, 0.15) is 0 Å². The second-order valence-electron chi connectivity index (χ2n) is 6.83. The summed E-state index contributed by atoms with van der Waals surface area (Å²) in [4.78, 5) is 2.41. The standard InChI is InChI=1S/C16H26N2/c1-11(2)14-10-18(6)15-12(16(3,4)5)8-7-9-13(15)17-14/h7-9,11,14,17H,10H2,1-6H3. The fourth-order valence-electron chi connectivity index (χ4n) is 2.69. The van der Waals surface area contributed by atoms with Gasteiger partial charge in [0.15, 0.2) is 0 Å². The van der Waals surface area contributed by atoms with E-state index in [2.05, 4.69) is 70.1 Å². The minimum atomic E-state index is 0.186. The van der Waals surface area contributed by atoms with E-state index in [1.165, 1.54) is 16.9 Å². The van der Waals surface area contributed by atoms with Crippen LogP contribution >= 0.6 is 0 Å². The first-order chi connectivity index (χ1) is 8.30. The predicted molar refractivity (Wildman–Crippen MR) is 80.7 cm³/mol. The molecule has 0 aliphatic carbocycles. The smallest absolute Gasteiger partial charge is 0.0638 e. The molecule has 18 heavy (non-hydrogen) atoms. The molecule has 1 aromatic rings. The van der Waals surface area contributed by atoms with Gasteiger partial charge in [-0.25, -0.2) is 0 Å². The molecule has 0 fully saturated rings. The fraction of sp³-hybridized carbons (Fsp3) is 0.625. The quantitative estimate of drug-likeness (QED) is 0.809. The van der Waals surface area contributed by atoms with Crippen molar-refractivity contribution in [2.75, 3.05) is 23.8 Å². The lowest BCUT2D eigenvalue weighted by atomic mass is 9.84. The number of hydrogen-bond donors (Lipinski definition) is 1. The molecule has 0 saturated carbocycles. The van der Waals surface area contributed by atoms with Crippen LogP contribution in [-0.4, -0.2) is 19.6 Å². The number of likely N-dealkylation sites (N-methyl/N-ethyl adjacent to an activating group) is 1. The van der Waals surface area contributed by atoms with Gasteiger partial charge < -0.3 is 10.2 Å². The molecule has 0 aromatic heterocycles. The highest BCUT2D eigenvalue weighted by Crippen LogP contribution is 2.40. The number of nitrogens with zero attached hydrogens (tertiary/aromatic N) is 1. The number of benzene rings is 1. The predicted octanol–water partition coefficient (Wildman–Crippen LogP) is 3.87. The third-order valence-corrected chi connectivity index (χ3v) is 3.84. The second-order valence-corrected chi connectivity index (χ2v) is 6.83. The Hall–Kier alpha value is -1.18. The van der Waals surface area contributed by atoms with Gasteiger partial charge in [0.2, 0.25) is 0 Å². The molecule has 1 aromatic carbocycles. The summed E-state index contributed by atoms with van der Waals surface area (Å²) in [5, 5.41) is 3.70. The summed E-state index contributed by atoms with van der Waals surface area (Å²) < 4.78 is 0. The van der Waals surface area contributed by atoms with Crippen molar-refractivity contribution in [3.05, 3.63) is 23.8 Å². The molecule has 0 bridgehead atoms. The first-order valence-corrected chi connectivity index (χ1v) is 6.92. The number of para-hydroxylation sites is 1. The maximum absolute atomic E-state index is 3.70. The van der Waals surface area contributed by atoms with Gasteiger partial charge >= 0.3 is 0 Å². The van der Waals surface area contributed by atoms with E-state index in [4.69, 9.17) is 0 Å². The molecule has 1 N–H and O–H groups in total. The molecule has 2 nitrogen and oxygen atoms in total. The lowest BCUT2D eigenvalue weighted by Gasteiger charge is -2.40. The minimum absolute atomic E-state index is 0.186. The maximum atomic E-state index is 3.70. The van der Waals surface area contributed by atoms with Gasteiger partial charge in [-0.15, -0.1) is 0 Å². The highest BCUT2D eigenvalue weighted by atomic mass is 15.2. The van der Waals surface area contributed by atoms with E-state index in [0.29, 0.717) is 12.0 Å². The number of nitrogens with one attached hydrogen (secondary N) is 1. The van der Waals surface area contributed by atoms with Crippen molar-refractivity contribution in [3.63, 3.8) is 0 Å². The van der Waals surface area contributed by atoms with Crippen molar-refractivity contribution >= 4 is 11.4 Å². The van der Waals surface area contributed by atoms with E-state index in [1.54, 1.807) is 0 Å². The Kier molecular flexibility index (Phi) is 3.31. The van der Waals surface area contributed by atoms with Gasteiger partial charge in [-0.05, 0) is 23.0 Å². The van der Waals surface area contributed by atoms with Crippen LogP contribution in [0.2, 0.25) is 0 Å². The van der Waals surface area contributed by atoms with E-state index in [1.807, 2.05) is 0 Å². The number of anilines is 2. The highest BCUT2D eigenvalue weighted by Gasteiger charge is 2.28. The lowest BCUT2D eigenvalue weighted by Crippen LogP contribution is -2.43. The first kappa shape index (κ1) is 13.3. The normalized spacial score (nSPS) is 19.7. The summed E-state index contributed by atoms with van der Waals surface area (Å²) in [6.07, 6.45) is 0. The molecule has 2 heteroatoms. The maximum Gasteiger partial charge on any atom is 0.0638 e. The zero-order valence-corrected chi connectivity index (χ0v) is 12.5. The molecule has 0 radical (unpaired) electrons. The number of fused-ring (bicyclic) bond motifs is 1. The number of hydrogen-bond acceptors (Lipinski definition) is 2. The topological polar surface area (TPSA) is 15.3 Å². The molecule has 100 valence electrons. The minimum Gasteiger partial charge on any atom is -0.379 e. The molecular weight excluding hydrogens is 220 g/mol. The molecule has 1 unspecified atom stereocenters. The Labute approximate surface area is 111 Å². The first-order valence-electron chi connectivity index (χ1n) is 6.92. The largest absolute Gasteiger partial charge is 0.379 e. The molecule has 2 rings (SSSR count). The van der Waals surface area contributed by atoms with E-state index >= 15 is 0 Å². The molecule has 0 amide bonds. The summed E-state index contributed by atoms with van der Waals surface area (Å²) >= 11 is 0. The Bertz CT molecular complexity index is 429. The third kappa shape index (κ3) is 2.33. The van der Waals surface area contributed by atoms with E-state index in [0.717, 1.165) is 6.54 Å². The fourth-order valence-corrected chi connectivity index (χ4v) is 2.69. The van der Waals surface area contributed by atoms with Gasteiger partial charge in [0.05, 0.1) is 11.4 Å². The SMILES string of the molecule is CC(C)C1CN(C)c2c(cccc2C(C)(C)C)N1. The van der Waals surface area contributed by atoms with Crippen molar-refractivity contribution in [2.45, 2.75) is 46.1 Å². The van der Waals surface area contributed by atoms with Crippen molar-refractivity contribution in [2.24, 2.45) is 5.92 Å². The van der Waals surface area contributed by atoms with E-state index in [-0.39, 0.29) is 5.41 Å². The molecule has 1 aliphatic heterocycles. The Balaban J connectivity index is 2.46. The Morgan fingerprint density at radius 1 is 1.28 bits per heavy atom. The Morgan fingerprint density at radius 2 is 1.94 bits per heavy atom. The van der Waals surface area contributed by atoms with Gasteiger partial charge in [-0.2, -0.15) is 0 Å². The van der Waals surface area contributed by atoms with Gasteiger partial charge in [-0.1, -0.05) is 46.8 Å². The van der Waals surface area contributed by atoms with Crippen LogP contribution in [0.1, 0.15) is 40.2 Å². The van der Waals surface area contributed by atoms with E-state index < -0.39 is 0 Å². The van der Waals surface area contributed by atoms with Crippen LogP contribution < -0.4 is 10.2 Å². The van der Waals surface area contributed by atoms with Crippen molar-refractivity contribution in [1.82, 2.24) is 0 Å². The molecular formula is C16H26N2. The van der Waals surface area contributed by atoms with Crippen LogP contribution in [0.3, 0.4) is 0 Å². The van der Waals surface area contributed by atoms with Crippen molar-refractivity contribution in [3.8, 4) is 0 Å². The van der Waals surface area contributed by atoms with Crippen LogP contribution in [0.5, 0.6) is 0 Å². The molecule has 1 heterocycles. The van der Waals surface area contributed by atoms with Crippen LogP contribution in [-0.2, 0) is 5.41 Å². The van der Waals surface area contributed by atoms with Gasteiger partial charge in [0, 0.05) is 19.6 Å². The zero-order chi connectivity index (χ0) is 13.5. The Morgan fingerprint density at radius 3 is 2.50 bits per heavy atom. The van der Waals surface area contributed by atoms with Gasteiger partial charge in [0.25, 0.3) is 0 Å². The third-order valence-electron chi connectivity index (χ3n) is 3.84. The summed E-state index contributed by atoms with van der Waals surface area (Å²) in [6.45, 7) is 12.5. The second kappa shape index (κ2) is 4.49. The van der Waals surface area contributed by atoms with Crippen LogP contribution in [0, 0.1) is 5.92 Å². The summed E-state index contributed by atoms with van der Waals surface area (Å²) in [5.41, 5.74) is 4.28. The zero-order valence-electron chi connectivity index (χ0n) is 12.5. The molecule has 1 atom stereocenters. The average molecular weight is 246 g/mol. The van der Waals surface area contributed by atoms with Crippen LogP contribution in [0.15, 0.2) is 18.2 Å². The lowest BCUT2D eigenvalue weighted by molar-refractivity contribution is 0.510. The van der Waals surface area contributed by atoms with Crippen LogP contribution in [0.4, 0.5) is 11.4 Å². The van der Waals surface area contributed by atoms with Crippen molar-refractivity contribution < 1.29 is 0 Å². The summed E-state index contributed by atoms with van der Waals surface area (Å²) in [6, 6.07) is 7.17. The molecule has 0 spiro atoms.